The molecule has 0 spiro atoms. The van der Waals surface area contributed by atoms with E-state index in [1.165, 1.54) is 6.07 Å². The molecule has 31 heavy (non-hydrogen) atoms. The van der Waals surface area contributed by atoms with Gasteiger partial charge in [0.1, 0.15) is 22.9 Å². The Labute approximate surface area is 175 Å². The molecule has 0 atom stereocenters. The van der Waals surface area contributed by atoms with Crippen molar-refractivity contribution >= 4 is 28.9 Å². The van der Waals surface area contributed by atoms with Crippen molar-refractivity contribution in [3.8, 4) is 5.75 Å². The molecule has 2 aromatic heterocycles. The second-order valence-corrected chi connectivity index (χ2v) is 6.40. The van der Waals surface area contributed by atoms with Gasteiger partial charge >= 0.3 is 0 Å². The van der Waals surface area contributed by atoms with Crippen LogP contribution in [-0.2, 0) is 6.54 Å². The summed E-state index contributed by atoms with van der Waals surface area (Å²) in [6.45, 7) is -0.526. The second-order valence-electron chi connectivity index (χ2n) is 6.02. The van der Waals surface area contributed by atoms with E-state index in [1.54, 1.807) is 0 Å². The van der Waals surface area contributed by atoms with Gasteiger partial charge in [-0.15, -0.1) is 0 Å². The van der Waals surface area contributed by atoms with E-state index in [2.05, 4.69) is 10.4 Å². The Morgan fingerprint density at radius 2 is 1.97 bits per heavy atom. The van der Waals surface area contributed by atoms with Crippen molar-refractivity contribution < 1.29 is 36.8 Å². The number of nitrogens with zero attached hydrogens (tertiary/aromatic N) is 3. The number of amides is 1. The number of aromatic nitrogens is 2. The lowest BCUT2D eigenvalue weighted by Gasteiger charge is -2.06. The molecule has 14 heteroatoms. The predicted molar refractivity (Wildman–Crippen MR) is 97.7 cm³/mol. The van der Waals surface area contributed by atoms with E-state index in [4.69, 9.17) is 16.0 Å². The maximum Gasteiger partial charge on any atom is 0.291 e. The normalized spacial score (nSPS) is 11.3. The number of carbonyl (C=O) groups excluding carboxylic acids is 1. The zero-order chi connectivity index (χ0) is 22.9. The maximum atomic E-state index is 13.2. The van der Waals surface area contributed by atoms with Crippen LogP contribution in [0, 0.1) is 10.1 Å². The number of rotatable bonds is 7. The largest absolute Gasteiger partial charge is 0.506 e. The minimum Gasteiger partial charge on any atom is -0.506 e. The summed E-state index contributed by atoms with van der Waals surface area (Å²) in [6, 6.07) is 5.33. The summed E-state index contributed by atoms with van der Waals surface area (Å²) >= 11 is 5.57. The van der Waals surface area contributed by atoms with Gasteiger partial charge in [-0.1, -0.05) is 11.6 Å². The van der Waals surface area contributed by atoms with E-state index in [0.717, 1.165) is 24.3 Å². The molecule has 1 amide bonds. The molecule has 0 saturated carbocycles. The molecule has 3 rings (SSSR count). The third-order valence-electron chi connectivity index (χ3n) is 4.00. The van der Waals surface area contributed by atoms with Crippen LogP contribution in [0.5, 0.6) is 5.75 Å². The molecular formula is C17H11ClF4N4O5. The number of phenolic OH excluding ortho intramolecular Hbond substituents is 1. The first-order chi connectivity index (χ1) is 14.6. The number of halogens is 5. The Bertz CT molecular complexity index is 1150. The molecule has 3 aromatic rings. The van der Waals surface area contributed by atoms with Crippen molar-refractivity contribution in [2.24, 2.45) is 0 Å². The van der Waals surface area contributed by atoms with E-state index in [1.807, 2.05) is 0 Å². The number of nitro groups is 1. The molecular weight excluding hydrogens is 452 g/mol. The molecule has 2 N–H and O–H groups in total. The number of furan rings is 1. The smallest absolute Gasteiger partial charge is 0.291 e. The van der Waals surface area contributed by atoms with Gasteiger partial charge in [-0.3, -0.25) is 19.6 Å². The van der Waals surface area contributed by atoms with Crippen LogP contribution in [0.25, 0.3) is 0 Å². The molecule has 0 bridgehead atoms. The Hall–Kier alpha value is -3.61. The molecule has 0 radical (unpaired) electrons. The number of hydrogen-bond donors (Lipinski definition) is 2. The highest BCUT2D eigenvalue weighted by Crippen LogP contribution is 2.35. The van der Waals surface area contributed by atoms with Crippen LogP contribution in [0.4, 0.5) is 28.9 Å². The lowest BCUT2D eigenvalue weighted by Crippen LogP contribution is -2.11. The minimum atomic E-state index is -3.19. The average Bonchev–Trinajstić information content (AvgIpc) is 3.28. The Morgan fingerprint density at radius 1 is 1.26 bits per heavy atom. The van der Waals surface area contributed by atoms with Gasteiger partial charge in [0.2, 0.25) is 0 Å². The molecule has 0 aliphatic carbocycles. The van der Waals surface area contributed by atoms with Crippen LogP contribution in [0.2, 0.25) is 5.02 Å². The number of non-ortho nitro benzene ring substituents is 1. The van der Waals surface area contributed by atoms with E-state index >= 15 is 0 Å². The van der Waals surface area contributed by atoms with Crippen LogP contribution in [0.1, 0.15) is 40.6 Å². The van der Waals surface area contributed by atoms with E-state index in [-0.39, 0.29) is 17.2 Å². The van der Waals surface area contributed by atoms with Gasteiger partial charge in [0, 0.05) is 12.1 Å². The number of nitrogens with one attached hydrogen (secondary N) is 1. The van der Waals surface area contributed by atoms with Crippen molar-refractivity contribution in [2.75, 3.05) is 5.32 Å². The third kappa shape index (κ3) is 4.60. The van der Waals surface area contributed by atoms with Crippen molar-refractivity contribution in [1.29, 1.82) is 0 Å². The number of carbonyl (C=O) groups is 1. The molecule has 164 valence electrons. The Balaban J connectivity index is 1.81. The predicted octanol–water partition coefficient (Wildman–Crippen LogP) is 4.92. The van der Waals surface area contributed by atoms with Gasteiger partial charge < -0.3 is 14.8 Å². The number of anilines is 1. The summed E-state index contributed by atoms with van der Waals surface area (Å²) in [6.07, 6.45) is -6.37. The second kappa shape index (κ2) is 8.63. The van der Waals surface area contributed by atoms with Gasteiger partial charge in [-0.05, 0) is 18.2 Å². The van der Waals surface area contributed by atoms with Crippen LogP contribution in [-0.4, -0.2) is 25.7 Å². The van der Waals surface area contributed by atoms with Crippen molar-refractivity contribution in [2.45, 2.75) is 19.4 Å². The molecule has 0 saturated heterocycles. The van der Waals surface area contributed by atoms with Crippen molar-refractivity contribution in [1.82, 2.24) is 9.78 Å². The summed E-state index contributed by atoms with van der Waals surface area (Å²) in [5, 5.41) is 25.3. The van der Waals surface area contributed by atoms with E-state index in [0.29, 0.717) is 4.68 Å². The van der Waals surface area contributed by atoms with Gasteiger partial charge in [-0.25, -0.2) is 17.6 Å². The SMILES string of the molecule is O=C(Nc1cc([N+](=O)[O-])ccc1O)c1ccc(Cn2nc(C(F)F)c(Cl)c2C(F)F)o1. The molecule has 0 aliphatic heterocycles. The highest BCUT2D eigenvalue weighted by molar-refractivity contribution is 6.32. The van der Waals surface area contributed by atoms with Gasteiger partial charge in [-0.2, -0.15) is 5.10 Å². The monoisotopic (exact) mass is 462 g/mol. The maximum absolute atomic E-state index is 13.2. The fourth-order valence-corrected chi connectivity index (χ4v) is 2.90. The van der Waals surface area contributed by atoms with Crippen LogP contribution < -0.4 is 5.32 Å². The molecule has 2 heterocycles. The number of phenols is 1. The number of hydrogen-bond acceptors (Lipinski definition) is 6. The van der Waals surface area contributed by atoms with Gasteiger partial charge in [0.05, 0.1) is 22.2 Å². The Morgan fingerprint density at radius 3 is 2.58 bits per heavy atom. The lowest BCUT2D eigenvalue weighted by molar-refractivity contribution is -0.384. The number of alkyl halides is 4. The number of nitro benzene ring substituents is 1. The minimum absolute atomic E-state index is 0.0877. The molecule has 0 fully saturated rings. The summed E-state index contributed by atoms with van der Waals surface area (Å²) in [4.78, 5) is 22.4. The first-order valence-corrected chi connectivity index (χ1v) is 8.66. The lowest BCUT2D eigenvalue weighted by atomic mass is 10.2. The molecule has 0 aliphatic rings. The molecule has 1 aromatic carbocycles. The highest BCUT2D eigenvalue weighted by atomic mass is 35.5. The third-order valence-corrected chi connectivity index (χ3v) is 4.39. The van der Waals surface area contributed by atoms with E-state index in [9.17, 15) is 37.6 Å². The summed E-state index contributed by atoms with van der Waals surface area (Å²) in [5.41, 5.74) is -2.60. The highest BCUT2D eigenvalue weighted by Gasteiger charge is 2.28. The zero-order valence-corrected chi connectivity index (χ0v) is 15.8. The van der Waals surface area contributed by atoms with Crippen LogP contribution in [0.15, 0.2) is 34.7 Å². The fraction of sp³-hybridized carbons (Fsp3) is 0.176. The summed E-state index contributed by atoms with van der Waals surface area (Å²) in [7, 11) is 0. The quantitative estimate of drug-likeness (QED) is 0.222. The van der Waals surface area contributed by atoms with Crippen molar-refractivity contribution in [3.05, 3.63) is 68.4 Å². The summed E-state index contributed by atoms with van der Waals surface area (Å²) in [5.74, 6) is -1.79. The molecule has 0 unspecified atom stereocenters. The van der Waals surface area contributed by atoms with Gasteiger partial charge in [0.25, 0.3) is 24.4 Å². The summed E-state index contributed by atoms with van der Waals surface area (Å²) < 4.78 is 58.0. The first-order valence-electron chi connectivity index (χ1n) is 8.28. The Kier molecular flexibility index (Phi) is 6.15. The van der Waals surface area contributed by atoms with Crippen molar-refractivity contribution in [3.63, 3.8) is 0 Å². The van der Waals surface area contributed by atoms with E-state index < -0.39 is 58.1 Å². The number of aromatic hydroxyl groups is 1. The topological polar surface area (TPSA) is 123 Å². The van der Waals surface area contributed by atoms with Crippen LogP contribution in [0.3, 0.4) is 0 Å². The van der Waals surface area contributed by atoms with Gasteiger partial charge in [0.15, 0.2) is 5.76 Å². The van der Waals surface area contributed by atoms with Crippen LogP contribution >= 0.6 is 11.6 Å². The average molecular weight is 463 g/mol. The first kappa shape index (κ1) is 22.1. The standard InChI is InChI=1S/C17H11ClF4N4O5/c18-12-13(15(19)20)24-25(14(12)16(21)22)6-8-2-4-11(31-8)17(28)23-9-5-7(26(29)30)1-3-10(9)27/h1-5,15-16,27H,6H2,(H,23,28). The number of benzene rings is 1. The fourth-order valence-electron chi connectivity index (χ4n) is 2.59. The molecule has 9 nitrogen and oxygen atoms in total. The zero-order valence-electron chi connectivity index (χ0n) is 15.1.